The topological polar surface area (TPSA) is 163 Å². The maximum Gasteiger partial charge on any atom is 0.251 e. The first-order chi connectivity index (χ1) is 22.2. The molecular weight excluding hydrogens is 639 g/mol. The van der Waals surface area contributed by atoms with Gasteiger partial charge < -0.3 is 26.6 Å². The number of carbonyl (C=O) groups is 6. The van der Waals surface area contributed by atoms with E-state index in [1.165, 1.54) is 0 Å². The van der Waals surface area contributed by atoms with E-state index in [1.807, 2.05) is 27.7 Å². The van der Waals surface area contributed by atoms with Crippen LogP contribution in [-0.4, -0.2) is 79.5 Å². The molecule has 0 saturated heterocycles. The van der Waals surface area contributed by atoms with Crippen LogP contribution in [0.3, 0.4) is 0 Å². The SMILES string of the molecule is C=C(C)C(=O)NCCSSCCNC(=O)C(C)(CC)CC(CC(C)C(=O)NC(C)C)C(=O)NCCCNC(=O)c1ccc(C=O)cc1. The highest BCUT2D eigenvalue weighted by molar-refractivity contribution is 8.76. The van der Waals surface area contributed by atoms with Gasteiger partial charge in [0.15, 0.2) is 0 Å². The highest BCUT2D eigenvalue weighted by atomic mass is 33.1. The molecule has 0 saturated carbocycles. The van der Waals surface area contributed by atoms with E-state index in [-0.39, 0.29) is 48.4 Å². The molecule has 262 valence electrons. The molecule has 0 heterocycles. The van der Waals surface area contributed by atoms with Crippen molar-refractivity contribution in [2.24, 2.45) is 17.3 Å². The maximum absolute atomic E-state index is 13.5. The highest BCUT2D eigenvalue weighted by Crippen LogP contribution is 2.33. The van der Waals surface area contributed by atoms with Crippen LogP contribution in [0.2, 0.25) is 0 Å². The molecule has 0 aliphatic rings. The summed E-state index contributed by atoms with van der Waals surface area (Å²) in [5.41, 5.74) is 0.569. The standard InChI is InChI=1S/C34H53N5O6S2/c1-8-34(7,33(45)38-17-19-47-46-18-16-37-29(41)23(2)3)21-28(20-25(6)30(42)39-24(4)5)32(44)36-15-9-14-35-31(43)27-12-10-26(22-40)11-13-27/h10-13,22,24-25,28H,2,8-9,14-21H2,1,3-7H3,(H,35,43)(H,36,44)(H,37,41)(H,38,45)(H,39,42). The third-order valence-electron chi connectivity index (χ3n) is 7.57. The summed E-state index contributed by atoms with van der Waals surface area (Å²) in [5.74, 6) is -0.549. The summed E-state index contributed by atoms with van der Waals surface area (Å²) in [7, 11) is 3.21. The van der Waals surface area contributed by atoms with Crippen LogP contribution in [0, 0.1) is 17.3 Å². The fourth-order valence-electron chi connectivity index (χ4n) is 4.54. The summed E-state index contributed by atoms with van der Waals surface area (Å²) in [6.45, 7) is 16.2. The molecule has 11 nitrogen and oxygen atoms in total. The lowest BCUT2D eigenvalue weighted by molar-refractivity contribution is -0.134. The predicted octanol–water partition coefficient (Wildman–Crippen LogP) is 3.90. The Hall–Kier alpha value is -3.32. The molecule has 0 fully saturated rings. The van der Waals surface area contributed by atoms with Gasteiger partial charge in [-0.3, -0.25) is 28.8 Å². The number of carbonyl (C=O) groups excluding carboxylic acids is 6. The average molecular weight is 692 g/mol. The number of hydrogen-bond donors (Lipinski definition) is 5. The van der Waals surface area contributed by atoms with E-state index in [2.05, 4.69) is 33.2 Å². The Morgan fingerprint density at radius 2 is 1.47 bits per heavy atom. The molecule has 0 bridgehead atoms. The number of benzene rings is 1. The van der Waals surface area contributed by atoms with Crippen LogP contribution in [-0.2, 0) is 19.2 Å². The van der Waals surface area contributed by atoms with Gasteiger partial charge in [0.05, 0.1) is 0 Å². The zero-order valence-electron chi connectivity index (χ0n) is 28.7. The first-order valence-corrected chi connectivity index (χ1v) is 18.6. The summed E-state index contributed by atoms with van der Waals surface area (Å²) in [6.07, 6.45) is 2.28. The van der Waals surface area contributed by atoms with Crippen LogP contribution in [0.4, 0.5) is 0 Å². The van der Waals surface area contributed by atoms with Crippen molar-refractivity contribution >= 4 is 57.4 Å². The van der Waals surface area contributed by atoms with Crippen molar-refractivity contribution in [2.75, 3.05) is 37.7 Å². The fraction of sp³-hybridized carbons (Fsp3) is 0.588. The molecule has 0 aliphatic carbocycles. The first kappa shape index (κ1) is 41.7. The predicted molar refractivity (Wildman–Crippen MR) is 191 cm³/mol. The van der Waals surface area contributed by atoms with Crippen molar-refractivity contribution in [3.8, 4) is 0 Å². The molecule has 0 radical (unpaired) electrons. The number of aldehydes is 1. The lowest BCUT2D eigenvalue weighted by atomic mass is 9.75. The minimum Gasteiger partial charge on any atom is -0.356 e. The molecule has 3 unspecified atom stereocenters. The Morgan fingerprint density at radius 1 is 0.872 bits per heavy atom. The van der Waals surface area contributed by atoms with Crippen LogP contribution >= 0.6 is 21.6 Å². The molecule has 47 heavy (non-hydrogen) atoms. The Bertz CT molecular complexity index is 1210. The number of hydrogen-bond acceptors (Lipinski definition) is 8. The largest absolute Gasteiger partial charge is 0.356 e. The van der Waals surface area contributed by atoms with Gasteiger partial charge >= 0.3 is 0 Å². The maximum atomic E-state index is 13.5. The van der Waals surface area contributed by atoms with Crippen molar-refractivity contribution in [2.45, 2.75) is 73.3 Å². The molecule has 1 aromatic carbocycles. The Balaban J connectivity index is 2.70. The molecule has 3 atom stereocenters. The Labute approximate surface area is 287 Å². The monoisotopic (exact) mass is 691 g/mol. The van der Waals surface area contributed by atoms with Crippen molar-refractivity contribution in [1.82, 2.24) is 26.6 Å². The first-order valence-electron chi connectivity index (χ1n) is 16.1. The Morgan fingerprint density at radius 3 is 2.02 bits per heavy atom. The van der Waals surface area contributed by atoms with E-state index in [9.17, 15) is 28.8 Å². The molecule has 0 aromatic heterocycles. The zero-order chi connectivity index (χ0) is 35.4. The summed E-state index contributed by atoms with van der Waals surface area (Å²) >= 11 is 0. The highest BCUT2D eigenvalue weighted by Gasteiger charge is 2.37. The quantitative estimate of drug-likeness (QED) is 0.0500. The van der Waals surface area contributed by atoms with Gasteiger partial charge in [0.1, 0.15) is 6.29 Å². The van der Waals surface area contributed by atoms with Crippen LogP contribution in [0.5, 0.6) is 0 Å². The van der Waals surface area contributed by atoms with E-state index in [4.69, 9.17) is 0 Å². The molecule has 13 heteroatoms. The summed E-state index contributed by atoms with van der Waals surface area (Å²) < 4.78 is 0. The van der Waals surface area contributed by atoms with Crippen LogP contribution in [0.1, 0.15) is 87.9 Å². The number of nitrogens with one attached hydrogen (secondary N) is 5. The Kier molecular flexibility index (Phi) is 19.8. The van der Waals surface area contributed by atoms with Gasteiger partial charge in [-0.1, -0.05) is 61.1 Å². The molecule has 5 amide bonds. The lowest BCUT2D eigenvalue weighted by Crippen LogP contribution is -2.44. The van der Waals surface area contributed by atoms with Crippen molar-refractivity contribution in [3.63, 3.8) is 0 Å². The van der Waals surface area contributed by atoms with Gasteiger partial charge in [-0.25, -0.2) is 0 Å². The van der Waals surface area contributed by atoms with Gasteiger partial charge in [-0.05, 0) is 58.6 Å². The third-order valence-corrected chi connectivity index (χ3v) is 9.98. The van der Waals surface area contributed by atoms with E-state index in [0.29, 0.717) is 67.8 Å². The van der Waals surface area contributed by atoms with Crippen molar-refractivity contribution < 1.29 is 28.8 Å². The third kappa shape index (κ3) is 16.4. The van der Waals surface area contributed by atoms with Crippen LogP contribution in [0.25, 0.3) is 0 Å². The summed E-state index contributed by atoms with van der Waals surface area (Å²) in [5, 5.41) is 14.4. The molecular formula is C34H53N5O6S2. The van der Waals surface area contributed by atoms with Gasteiger partial charge in [0, 0.05) is 77.7 Å². The van der Waals surface area contributed by atoms with Gasteiger partial charge in [0.2, 0.25) is 23.6 Å². The molecule has 1 rings (SSSR count). The summed E-state index contributed by atoms with van der Waals surface area (Å²) in [4.78, 5) is 74.3. The molecule has 0 spiro atoms. The lowest BCUT2D eigenvalue weighted by Gasteiger charge is -2.32. The minimum atomic E-state index is -0.825. The average Bonchev–Trinajstić information content (AvgIpc) is 3.04. The smallest absolute Gasteiger partial charge is 0.251 e. The number of rotatable bonds is 23. The zero-order valence-corrected chi connectivity index (χ0v) is 30.3. The van der Waals surface area contributed by atoms with E-state index in [0.717, 1.165) is 5.75 Å². The second-order valence-corrected chi connectivity index (χ2v) is 14.9. The second-order valence-electron chi connectivity index (χ2n) is 12.2. The normalized spacial score (nSPS) is 13.4. The van der Waals surface area contributed by atoms with Crippen LogP contribution < -0.4 is 26.6 Å². The second kappa shape index (κ2) is 22.3. The summed E-state index contributed by atoms with van der Waals surface area (Å²) in [6, 6.07) is 6.27. The van der Waals surface area contributed by atoms with E-state index >= 15 is 0 Å². The van der Waals surface area contributed by atoms with Gasteiger partial charge in [-0.15, -0.1) is 0 Å². The van der Waals surface area contributed by atoms with Crippen molar-refractivity contribution in [1.29, 1.82) is 0 Å². The van der Waals surface area contributed by atoms with Gasteiger partial charge in [-0.2, -0.15) is 0 Å². The molecule has 1 aromatic rings. The van der Waals surface area contributed by atoms with E-state index in [1.54, 1.807) is 59.7 Å². The minimum absolute atomic E-state index is 0.0341. The van der Waals surface area contributed by atoms with Crippen LogP contribution in [0.15, 0.2) is 36.4 Å². The molecule has 5 N–H and O–H groups in total. The fourth-order valence-corrected chi connectivity index (χ4v) is 6.35. The van der Waals surface area contributed by atoms with E-state index < -0.39 is 17.3 Å². The van der Waals surface area contributed by atoms with Gasteiger partial charge in [0.25, 0.3) is 5.91 Å². The van der Waals surface area contributed by atoms with Crippen molar-refractivity contribution in [3.05, 3.63) is 47.5 Å². The number of amides is 5. The molecule has 0 aliphatic heterocycles.